The molecule has 1 heterocycles. The van der Waals surface area contributed by atoms with Crippen LogP contribution in [0.25, 0.3) is 11.1 Å². The highest BCUT2D eigenvalue weighted by atomic mass is 35.5. The van der Waals surface area contributed by atoms with E-state index in [2.05, 4.69) is 10.1 Å². The number of rotatable bonds is 6. The number of nitrogens with one attached hydrogen (secondary N) is 3. The molecule has 0 spiro atoms. The van der Waals surface area contributed by atoms with Crippen LogP contribution in [0.15, 0.2) is 42.5 Å². The van der Waals surface area contributed by atoms with Gasteiger partial charge in [0.2, 0.25) is 11.8 Å². The standard InChI is InChI=1S/C24H24ClF3N4O4/c1-14(29)35-21(30)13-22(33)32-11-5-4-7-19(32)23(34)31-15-9-10-16(18(25)12-15)17-6-2-3-8-20(17)36-24(26,27)28/h2-3,6,8-10,12,19,29-30H,4-5,7,11,13H2,1H3,(H,31,34)/t19-/m1/s1. The maximum atomic E-state index is 13.0. The Bertz CT molecular complexity index is 1170. The van der Waals surface area contributed by atoms with E-state index in [4.69, 9.17) is 27.2 Å². The van der Waals surface area contributed by atoms with Gasteiger partial charge in [0.15, 0.2) is 11.8 Å². The maximum Gasteiger partial charge on any atom is 0.573 e. The third kappa shape index (κ3) is 7.20. The van der Waals surface area contributed by atoms with Gasteiger partial charge in [-0.25, -0.2) is 0 Å². The van der Waals surface area contributed by atoms with E-state index in [1.807, 2.05) is 0 Å². The van der Waals surface area contributed by atoms with E-state index in [0.29, 0.717) is 25.1 Å². The van der Waals surface area contributed by atoms with E-state index in [9.17, 15) is 22.8 Å². The van der Waals surface area contributed by atoms with Crippen LogP contribution in [0.1, 0.15) is 32.6 Å². The first kappa shape index (κ1) is 27.0. The quantitative estimate of drug-likeness (QED) is 0.336. The van der Waals surface area contributed by atoms with Crippen molar-refractivity contribution in [1.29, 1.82) is 10.8 Å². The predicted molar refractivity (Wildman–Crippen MR) is 128 cm³/mol. The van der Waals surface area contributed by atoms with Gasteiger partial charge in [-0.2, -0.15) is 0 Å². The van der Waals surface area contributed by atoms with Crippen LogP contribution in [0, 0.1) is 10.8 Å². The number of carbonyl (C=O) groups excluding carboxylic acids is 2. The molecule has 0 radical (unpaired) electrons. The predicted octanol–water partition coefficient (Wildman–Crippen LogP) is 5.61. The van der Waals surface area contributed by atoms with Gasteiger partial charge in [0, 0.05) is 30.3 Å². The lowest BCUT2D eigenvalue weighted by Crippen LogP contribution is -2.50. The zero-order valence-corrected chi connectivity index (χ0v) is 20.0. The number of hydrogen-bond acceptors (Lipinski definition) is 6. The van der Waals surface area contributed by atoms with E-state index >= 15 is 0 Å². The van der Waals surface area contributed by atoms with Gasteiger partial charge < -0.3 is 19.7 Å². The van der Waals surface area contributed by atoms with Crippen LogP contribution >= 0.6 is 11.6 Å². The Morgan fingerprint density at radius 3 is 2.53 bits per heavy atom. The summed E-state index contributed by atoms with van der Waals surface area (Å²) in [5.74, 6) is -1.92. The minimum absolute atomic E-state index is 0.0928. The molecule has 0 bridgehead atoms. The van der Waals surface area contributed by atoms with Crippen LogP contribution in [-0.4, -0.2) is 47.5 Å². The summed E-state index contributed by atoms with van der Waals surface area (Å²) in [6.07, 6.45) is -3.40. The summed E-state index contributed by atoms with van der Waals surface area (Å²) in [6.45, 7) is 1.68. The van der Waals surface area contributed by atoms with Crippen molar-refractivity contribution in [1.82, 2.24) is 4.90 Å². The van der Waals surface area contributed by atoms with Gasteiger partial charge in [-0.05, 0) is 37.5 Å². The Morgan fingerprint density at radius 2 is 1.86 bits per heavy atom. The molecule has 192 valence electrons. The van der Waals surface area contributed by atoms with Crippen molar-refractivity contribution >= 4 is 40.9 Å². The number of alkyl halides is 3. The number of nitrogens with zero attached hydrogens (tertiary/aromatic N) is 1. The van der Waals surface area contributed by atoms with Crippen LogP contribution in [0.3, 0.4) is 0 Å². The Kier molecular flexibility index (Phi) is 8.57. The number of para-hydroxylation sites is 1. The number of hydrogen-bond donors (Lipinski definition) is 3. The number of benzene rings is 2. The fraction of sp³-hybridized carbons (Fsp3) is 0.333. The van der Waals surface area contributed by atoms with Crippen LogP contribution in [-0.2, 0) is 14.3 Å². The maximum absolute atomic E-state index is 13.0. The SMILES string of the molecule is CC(=N)OC(=N)CC(=O)N1CCCC[C@@H]1C(=O)Nc1ccc(-c2ccccc2OC(F)(F)F)c(Cl)c1. The molecule has 1 saturated heterocycles. The highest BCUT2D eigenvalue weighted by molar-refractivity contribution is 6.33. The summed E-state index contributed by atoms with van der Waals surface area (Å²) in [4.78, 5) is 27.1. The molecule has 0 unspecified atom stereocenters. The lowest BCUT2D eigenvalue weighted by Gasteiger charge is -2.34. The van der Waals surface area contributed by atoms with Crippen LogP contribution in [0.4, 0.5) is 18.9 Å². The Hall–Kier alpha value is -3.60. The topological polar surface area (TPSA) is 116 Å². The minimum atomic E-state index is -4.87. The number of anilines is 1. The monoisotopic (exact) mass is 524 g/mol. The average Bonchev–Trinajstić information content (AvgIpc) is 2.78. The molecule has 2 aromatic carbocycles. The van der Waals surface area contributed by atoms with Gasteiger partial charge >= 0.3 is 6.36 Å². The van der Waals surface area contributed by atoms with E-state index in [0.717, 1.165) is 6.42 Å². The summed E-state index contributed by atoms with van der Waals surface area (Å²) >= 11 is 6.35. The third-order valence-electron chi connectivity index (χ3n) is 5.35. The molecular formula is C24H24ClF3N4O4. The molecule has 8 nitrogen and oxygen atoms in total. The average molecular weight is 525 g/mol. The molecule has 1 atom stereocenters. The van der Waals surface area contributed by atoms with Crippen LogP contribution in [0.5, 0.6) is 5.75 Å². The molecule has 0 saturated carbocycles. The summed E-state index contributed by atoms with van der Waals surface area (Å²) < 4.78 is 47.3. The van der Waals surface area contributed by atoms with Gasteiger partial charge in [-0.1, -0.05) is 35.9 Å². The summed E-state index contributed by atoms with van der Waals surface area (Å²) in [6, 6.07) is 9.17. The van der Waals surface area contributed by atoms with Crippen molar-refractivity contribution in [3.8, 4) is 16.9 Å². The van der Waals surface area contributed by atoms with Gasteiger partial charge in [0.1, 0.15) is 18.2 Å². The second kappa shape index (κ2) is 11.4. The molecule has 3 N–H and O–H groups in total. The summed E-state index contributed by atoms with van der Waals surface area (Å²) in [7, 11) is 0. The van der Waals surface area contributed by atoms with Gasteiger partial charge in [-0.3, -0.25) is 20.4 Å². The van der Waals surface area contributed by atoms with Gasteiger partial charge in [0.25, 0.3) is 0 Å². The first-order chi connectivity index (χ1) is 16.9. The number of amides is 2. The summed E-state index contributed by atoms with van der Waals surface area (Å²) in [5.41, 5.74) is 0.715. The Morgan fingerprint density at radius 1 is 1.14 bits per heavy atom. The van der Waals surface area contributed by atoms with Crippen molar-refractivity contribution in [2.75, 3.05) is 11.9 Å². The highest BCUT2D eigenvalue weighted by Gasteiger charge is 2.34. The normalized spacial score (nSPS) is 15.7. The van der Waals surface area contributed by atoms with Crippen LogP contribution < -0.4 is 10.1 Å². The van der Waals surface area contributed by atoms with E-state index < -0.39 is 30.0 Å². The third-order valence-corrected chi connectivity index (χ3v) is 5.67. The molecule has 1 aliphatic rings. The summed E-state index contributed by atoms with van der Waals surface area (Å²) in [5, 5.41) is 17.8. The Balaban J connectivity index is 1.75. The number of likely N-dealkylation sites (tertiary alicyclic amines) is 1. The largest absolute Gasteiger partial charge is 0.573 e. The smallest absolute Gasteiger partial charge is 0.430 e. The molecule has 2 amide bonds. The molecule has 36 heavy (non-hydrogen) atoms. The van der Waals surface area contributed by atoms with Gasteiger partial charge in [-0.15, -0.1) is 13.2 Å². The number of ether oxygens (including phenoxy) is 2. The van der Waals surface area contributed by atoms with E-state index in [-0.39, 0.29) is 34.4 Å². The molecule has 1 fully saturated rings. The fourth-order valence-corrected chi connectivity index (χ4v) is 4.18. The second-order valence-corrected chi connectivity index (χ2v) is 8.49. The van der Waals surface area contributed by atoms with Crippen LogP contribution in [0.2, 0.25) is 5.02 Å². The van der Waals surface area contributed by atoms with E-state index in [1.165, 1.54) is 48.2 Å². The van der Waals surface area contributed by atoms with E-state index in [1.54, 1.807) is 6.07 Å². The number of piperidine rings is 1. The van der Waals surface area contributed by atoms with Crippen molar-refractivity contribution < 1.29 is 32.2 Å². The Labute approximate surface area is 210 Å². The zero-order valence-electron chi connectivity index (χ0n) is 19.2. The molecule has 0 aromatic heterocycles. The zero-order chi connectivity index (χ0) is 26.5. The minimum Gasteiger partial charge on any atom is -0.430 e. The molecular weight excluding hydrogens is 501 g/mol. The van der Waals surface area contributed by atoms with Crippen molar-refractivity contribution in [2.45, 2.75) is 45.0 Å². The number of carbonyl (C=O) groups is 2. The lowest BCUT2D eigenvalue weighted by molar-refractivity contribution is -0.274. The highest BCUT2D eigenvalue weighted by Crippen LogP contribution is 2.38. The fourth-order valence-electron chi connectivity index (χ4n) is 3.90. The first-order valence-electron chi connectivity index (χ1n) is 11.0. The molecule has 0 aliphatic carbocycles. The molecule has 1 aliphatic heterocycles. The molecule has 3 rings (SSSR count). The molecule has 12 heteroatoms. The second-order valence-electron chi connectivity index (χ2n) is 8.08. The first-order valence-corrected chi connectivity index (χ1v) is 11.4. The number of halogens is 4. The molecule has 2 aromatic rings. The lowest BCUT2D eigenvalue weighted by atomic mass is 10.0. The van der Waals surface area contributed by atoms with Gasteiger partial charge in [0.05, 0.1) is 5.02 Å². The van der Waals surface area contributed by atoms with Crippen molar-refractivity contribution in [2.24, 2.45) is 0 Å². The van der Waals surface area contributed by atoms with Crippen molar-refractivity contribution in [3.63, 3.8) is 0 Å². The van der Waals surface area contributed by atoms with Crippen molar-refractivity contribution in [3.05, 3.63) is 47.5 Å².